The van der Waals surface area contributed by atoms with E-state index in [-0.39, 0.29) is 17.0 Å². The predicted octanol–water partition coefficient (Wildman–Crippen LogP) is 1.80. The molecular formula is C19H22FN3O3S. The number of aromatic nitrogens is 1. The maximum atomic E-state index is 13.1. The Balaban J connectivity index is 1.52. The molecular weight excluding hydrogens is 369 g/mol. The van der Waals surface area contributed by atoms with E-state index in [4.69, 9.17) is 4.74 Å². The number of sulfonamides is 1. The summed E-state index contributed by atoms with van der Waals surface area (Å²) in [7, 11) is -3.67. The highest BCUT2D eigenvalue weighted by Gasteiger charge is 2.44. The number of pyridine rings is 1. The van der Waals surface area contributed by atoms with Gasteiger partial charge in [-0.05, 0) is 43.3 Å². The molecule has 0 spiro atoms. The van der Waals surface area contributed by atoms with Crippen molar-refractivity contribution in [1.29, 1.82) is 0 Å². The van der Waals surface area contributed by atoms with Crippen LogP contribution in [0.4, 0.5) is 4.39 Å². The zero-order valence-electron chi connectivity index (χ0n) is 15.1. The van der Waals surface area contributed by atoms with E-state index in [0.29, 0.717) is 26.2 Å². The number of hydrogen-bond acceptors (Lipinski definition) is 5. The molecule has 0 bridgehead atoms. The summed E-state index contributed by atoms with van der Waals surface area (Å²) in [5, 5.41) is 0. The minimum absolute atomic E-state index is 0.0173. The number of hydrogen-bond donors (Lipinski definition) is 0. The first-order valence-corrected chi connectivity index (χ1v) is 10.4. The van der Waals surface area contributed by atoms with Crippen molar-refractivity contribution >= 4 is 10.0 Å². The molecule has 27 heavy (non-hydrogen) atoms. The molecule has 2 fully saturated rings. The molecule has 2 aliphatic heterocycles. The lowest BCUT2D eigenvalue weighted by atomic mass is 10.1. The molecule has 2 aliphatic rings. The summed E-state index contributed by atoms with van der Waals surface area (Å²) in [5.41, 5.74) is 1.93. The maximum absolute atomic E-state index is 13.1. The summed E-state index contributed by atoms with van der Waals surface area (Å²) >= 11 is 0. The second-order valence-corrected chi connectivity index (χ2v) is 8.93. The summed E-state index contributed by atoms with van der Waals surface area (Å²) in [6, 6.07) is 10.9. The number of halogens is 1. The van der Waals surface area contributed by atoms with Crippen LogP contribution in [0.1, 0.15) is 11.4 Å². The minimum Gasteiger partial charge on any atom is -0.374 e. The van der Waals surface area contributed by atoms with Gasteiger partial charge in [0.25, 0.3) is 0 Å². The highest BCUT2D eigenvalue weighted by atomic mass is 32.2. The summed E-state index contributed by atoms with van der Waals surface area (Å²) in [4.78, 5) is 6.91. The minimum atomic E-state index is -3.67. The predicted molar refractivity (Wildman–Crippen MR) is 98.1 cm³/mol. The van der Waals surface area contributed by atoms with E-state index in [2.05, 4.69) is 9.88 Å². The third-order valence-corrected chi connectivity index (χ3v) is 6.99. The van der Waals surface area contributed by atoms with Crippen molar-refractivity contribution in [2.45, 2.75) is 30.5 Å². The fraction of sp³-hybridized carbons (Fsp3) is 0.421. The van der Waals surface area contributed by atoms with Crippen LogP contribution in [0.25, 0.3) is 0 Å². The number of benzene rings is 1. The Morgan fingerprint density at radius 2 is 1.96 bits per heavy atom. The first-order valence-electron chi connectivity index (χ1n) is 8.97. The molecule has 4 rings (SSSR count). The van der Waals surface area contributed by atoms with Gasteiger partial charge in [0.15, 0.2) is 0 Å². The zero-order valence-corrected chi connectivity index (χ0v) is 15.9. The Labute approximate surface area is 158 Å². The monoisotopic (exact) mass is 391 g/mol. The van der Waals surface area contributed by atoms with Crippen molar-refractivity contribution in [1.82, 2.24) is 14.2 Å². The summed E-state index contributed by atoms with van der Waals surface area (Å²) in [6.45, 7) is 4.59. The largest absolute Gasteiger partial charge is 0.374 e. The smallest absolute Gasteiger partial charge is 0.243 e. The number of rotatable bonds is 4. The van der Waals surface area contributed by atoms with Gasteiger partial charge in [-0.15, -0.1) is 0 Å². The van der Waals surface area contributed by atoms with Gasteiger partial charge in [-0.3, -0.25) is 9.88 Å². The van der Waals surface area contributed by atoms with Crippen LogP contribution in [-0.2, 0) is 21.3 Å². The van der Waals surface area contributed by atoms with Gasteiger partial charge in [-0.25, -0.2) is 12.8 Å². The van der Waals surface area contributed by atoms with E-state index in [1.165, 1.54) is 28.6 Å². The van der Waals surface area contributed by atoms with Crippen molar-refractivity contribution in [3.63, 3.8) is 0 Å². The van der Waals surface area contributed by atoms with E-state index in [9.17, 15) is 12.8 Å². The van der Waals surface area contributed by atoms with Crippen LogP contribution in [0.15, 0.2) is 47.4 Å². The standard InChI is InChI=1S/C19H22FN3O3S/c1-14-3-2-4-16(21-14)11-22-9-10-26-19-13-23(12-18(19)22)27(24,25)17-7-5-15(20)6-8-17/h2-8,18-19H,9-13H2,1H3/t18-,19-/m0/s1. The van der Waals surface area contributed by atoms with E-state index in [1.54, 1.807) is 0 Å². The van der Waals surface area contributed by atoms with Crippen molar-refractivity contribution in [2.75, 3.05) is 26.2 Å². The summed E-state index contributed by atoms with van der Waals surface area (Å²) in [6.07, 6.45) is -0.168. The highest BCUT2D eigenvalue weighted by molar-refractivity contribution is 7.89. The third-order valence-electron chi connectivity index (χ3n) is 5.15. The number of ether oxygens (including phenoxy) is 1. The molecule has 0 N–H and O–H groups in total. The van der Waals surface area contributed by atoms with Crippen molar-refractivity contribution < 1.29 is 17.5 Å². The highest BCUT2D eigenvalue weighted by Crippen LogP contribution is 2.28. The lowest BCUT2D eigenvalue weighted by Gasteiger charge is -2.36. The van der Waals surface area contributed by atoms with Crippen LogP contribution in [-0.4, -0.2) is 61.0 Å². The molecule has 0 radical (unpaired) electrons. The van der Waals surface area contributed by atoms with Crippen molar-refractivity contribution in [2.24, 2.45) is 0 Å². The van der Waals surface area contributed by atoms with E-state index in [1.807, 2.05) is 25.1 Å². The molecule has 3 heterocycles. The molecule has 0 saturated carbocycles. The van der Waals surface area contributed by atoms with Crippen LogP contribution >= 0.6 is 0 Å². The molecule has 144 valence electrons. The molecule has 8 heteroatoms. The topological polar surface area (TPSA) is 62.7 Å². The second kappa shape index (κ2) is 7.27. The van der Waals surface area contributed by atoms with Crippen LogP contribution in [0.3, 0.4) is 0 Å². The van der Waals surface area contributed by atoms with Crippen LogP contribution in [0.5, 0.6) is 0 Å². The van der Waals surface area contributed by atoms with Crippen molar-refractivity contribution in [3.8, 4) is 0 Å². The maximum Gasteiger partial charge on any atom is 0.243 e. The third kappa shape index (κ3) is 3.75. The number of nitrogens with zero attached hydrogens (tertiary/aromatic N) is 3. The van der Waals surface area contributed by atoms with Gasteiger partial charge in [0.05, 0.1) is 29.3 Å². The van der Waals surface area contributed by atoms with Gasteiger partial charge in [0.2, 0.25) is 10.0 Å². The Hall–Kier alpha value is -1.87. The van der Waals surface area contributed by atoms with E-state index >= 15 is 0 Å². The van der Waals surface area contributed by atoms with Gasteiger partial charge in [0, 0.05) is 31.9 Å². The molecule has 2 saturated heterocycles. The SMILES string of the molecule is Cc1cccc(CN2CCO[C@H]3CN(S(=O)(=O)c4ccc(F)cc4)C[C@@H]32)n1. The molecule has 1 aromatic carbocycles. The first-order chi connectivity index (χ1) is 12.9. The first kappa shape index (κ1) is 18.5. The Morgan fingerprint density at radius 1 is 1.19 bits per heavy atom. The Morgan fingerprint density at radius 3 is 2.70 bits per heavy atom. The Kier molecular flexibility index (Phi) is 4.98. The lowest BCUT2D eigenvalue weighted by molar-refractivity contribution is -0.0506. The molecule has 2 atom stereocenters. The van der Waals surface area contributed by atoms with Crippen molar-refractivity contribution in [3.05, 3.63) is 59.7 Å². The van der Waals surface area contributed by atoms with Gasteiger partial charge < -0.3 is 4.74 Å². The number of aryl methyl sites for hydroxylation is 1. The zero-order chi connectivity index (χ0) is 19.0. The van der Waals surface area contributed by atoms with Gasteiger partial charge in [0.1, 0.15) is 5.82 Å². The summed E-state index contributed by atoms with van der Waals surface area (Å²) < 4.78 is 46.3. The van der Waals surface area contributed by atoms with Crippen LogP contribution in [0, 0.1) is 12.7 Å². The normalized spacial score (nSPS) is 24.1. The molecule has 0 unspecified atom stereocenters. The number of fused-ring (bicyclic) bond motifs is 1. The lowest BCUT2D eigenvalue weighted by Crippen LogP contribution is -2.50. The average Bonchev–Trinajstić information content (AvgIpc) is 3.08. The molecule has 6 nitrogen and oxygen atoms in total. The quantitative estimate of drug-likeness (QED) is 0.795. The van der Waals surface area contributed by atoms with Gasteiger partial charge in [-0.1, -0.05) is 6.07 Å². The van der Waals surface area contributed by atoms with Gasteiger partial charge in [-0.2, -0.15) is 4.31 Å². The van der Waals surface area contributed by atoms with Gasteiger partial charge >= 0.3 is 0 Å². The molecule has 2 aromatic rings. The fourth-order valence-corrected chi connectivity index (χ4v) is 5.24. The van der Waals surface area contributed by atoms with E-state index < -0.39 is 15.8 Å². The Bertz CT molecular complexity index is 920. The van der Waals surface area contributed by atoms with Crippen LogP contribution < -0.4 is 0 Å². The van der Waals surface area contributed by atoms with E-state index in [0.717, 1.165) is 17.9 Å². The molecule has 1 aromatic heterocycles. The average molecular weight is 391 g/mol. The number of morpholine rings is 1. The molecule has 0 amide bonds. The van der Waals surface area contributed by atoms with Crippen LogP contribution in [0.2, 0.25) is 0 Å². The molecule has 0 aliphatic carbocycles. The summed E-state index contributed by atoms with van der Waals surface area (Å²) in [5.74, 6) is -0.454. The fourth-order valence-electron chi connectivity index (χ4n) is 3.77. The second-order valence-electron chi connectivity index (χ2n) is 6.99.